The van der Waals surface area contributed by atoms with Gasteiger partial charge in [0.1, 0.15) is 6.29 Å². The molecule has 0 amide bonds. The van der Waals surface area contributed by atoms with Crippen LogP contribution in [-0.4, -0.2) is 45.9 Å². The van der Waals surface area contributed by atoms with E-state index < -0.39 is 0 Å². The number of carbonyl (C=O) groups excluding carboxylic acids is 1. The van der Waals surface area contributed by atoms with Crippen molar-refractivity contribution in [2.24, 2.45) is 0 Å². The van der Waals surface area contributed by atoms with Gasteiger partial charge in [0.2, 0.25) is 0 Å². The van der Waals surface area contributed by atoms with E-state index in [-0.39, 0.29) is 0 Å². The molecule has 0 aromatic heterocycles. The first-order valence-electron chi connectivity index (χ1n) is 3.73. The van der Waals surface area contributed by atoms with Crippen molar-refractivity contribution in [2.45, 2.75) is 13.8 Å². The van der Waals surface area contributed by atoms with Gasteiger partial charge in [0.25, 0.3) is 0 Å². The highest BCUT2D eigenvalue weighted by Crippen LogP contribution is 1.63. The Bertz CT molecular complexity index is 56.1. The molecule has 70 valence electrons. The van der Waals surface area contributed by atoms with Crippen molar-refractivity contribution in [1.82, 2.24) is 10.2 Å². The molecular weight excluding hydrogens is 140 g/mol. The van der Waals surface area contributed by atoms with E-state index in [9.17, 15) is 0 Å². The largest absolute Gasteiger partial charge is 0.323 e. The van der Waals surface area contributed by atoms with Gasteiger partial charge in [-0.2, -0.15) is 0 Å². The minimum Gasteiger partial charge on any atom is -0.323 e. The van der Waals surface area contributed by atoms with E-state index >= 15 is 0 Å². The normalized spacial score (nSPS) is 7.18. The summed E-state index contributed by atoms with van der Waals surface area (Å²) in [6.07, 6.45) is 0.750. The van der Waals surface area contributed by atoms with Crippen molar-refractivity contribution in [2.75, 3.05) is 34.7 Å². The molecule has 0 spiro atoms. The van der Waals surface area contributed by atoms with Crippen molar-refractivity contribution in [3.63, 3.8) is 0 Å². The lowest BCUT2D eigenvalue weighted by molar-refractivity contribution is -0.106. The number of nitrogens with one attached hydrogen (secondary N) is 1. The number of carbonyl (C=O) groups is 1. The Balaban J connectivity index is -0.0000000933. The van der Waals surface area contributed by atoms with Crippen molar-refractivity contribution in [3.8, 4) is 0 Å². The zero-order chi connectivity index (χ0) is 9.70. The number of hydrogen-bond donors (Lipinski definition) is 1. The molecule has 0 atom stereocenters. The van der Waals surface area contributed by atoms with Crippen LogP contribution in [-0.2, 0) is 4.79 Å². The summed E-state index contributed by atoms with van der Waals surface area (Å²) in [5.74, 6) is 0. The van der Waals surface area contributed by atoms with Crippen LogP contribution in [0.3, 0.4) is 0 Å². The predicted octanol–water partition coefficient (Wildman–Crippen LogP) is 0.609. The molecule has 0 fully saturated rings. The molecule has 0 saturated carbocycles. The summed E-state index contributed by atoms with van der Waals surface area (Å²) in [7, 11) is 7.86. The van der Waals surface area contributed by atoms with Gasteiger partial charge in [-0.3, -0.25) is 0 Å². The number of rotatable bonds is 1. The first-order chi connectivity index (χ1) is 5.10. The highest BCUT2D eigenvalue weighted by molar-refractivity contribution is 5.44. The topological polar surface area (TPSA) is 32.3 Å². The molecule has 0 saturated heterocycles. The molecule has 3 heteroatoms. The quantitative estimate of drug-likeness (QED) is 0.573. The predicted molar refractivity (Wildman–Crippen MR) is 50.9 cm³/mol. The monoisotopic (exact) mass is 162 g/mol. The average Bonchev–Trinajstić information content (AvgIpc) is 1.91. The fourth-order valence-electron chi connectivity index (χ4n) is 0. The molecule has 0 aliphatic rings. The molecule has 0 bridgehead atoms. The van der Waals surface area contributed by atoms with Crippen LogP contribution in [0.5, 0.6) is 0 Å². The summed E-state index contributed by atoms with van der Waals surface area (Å²) in [6, 6.07) is 0. The highest BCUT2D eigenvalue weighted by atomic mass is 16.1. The first-order valence-corrected chi connectivity index (χ1v) is 3.73. The SMILES string of the molecule is CC=O.CCN(C)C.CNC. The molecule has 0 radical (unpaired) electrons. The average molecular weight is 162 g/mol. The van der Waals surface area contributed by atoms with E-state index in [4.69, 9.17) is 4.79 Å². The number of aldehydes is 1. The van der Waals surface area contributed by atoms with Gasteiger partial charge < -0.3 is 15.0 Å². The van der Waals surface area contributed by atoms with Gasteiger partial charge in [0.05, 0.1) is 0 Å². The molecule has 0 aliphatic carbocycles. The second kappa shape index (κ2) is 22.6. The standard InChI is InChI=1S/C4H11N.C2H7N.C2H4O/c1-4-5(2)3;1-3-2;1-2-3/h4H2,1-3H3;3H,1-2H3;2H,1H3. The van der Waals surface area contributed by atoms with Gasteiger partial charge in [-0.05, 0) is 41.7 Å². The van der Waals surface area contributed by atoms with E-state index in [1.807, 2.05) is 14.1 Å². The smallest absolute Gasteiger partial charge is 0.116 e. The van der Waals surface area contributed by atoms with E-state index in [2.05, 4.69) is 31.2 Å². The zero-order valence-corrected chi connectivity index (χ0v) is 8.64. The van der Waals surface area contributed by atoms with Gasteiger partial charge >= 0.3 is 0 Å². The molecule has 0 rings (SSSR count). The Morgan fingerprint density at radius 3 is 1.45 bits per heavy atom. The van der Waals surface area contributed by atoms with E-state index in [0.29, 0.717) is 0 Å². The zero-order valence-electron chi connectivity index (χ0n) is 8.64. The van der Waals surface area contributed by atoms with Crippen LogP contribution in [0.1, 0.15) is 13.8 Å². The minimum absolute atomic E-state index is 0.750. The molecule has 0 aromatic carbocycles. The lowest BCUT2D eigenvalue weighted by Gasteiger charge is -2.00. The van der Waals surface area contributed by atoms with Gasteiger partial charge in [0.15, 0.2) is 0 Å². The first kappa shape index (κ1) is 16.9. The second-order valence-corrected chi connectivity index (χ2v) is 2.13. The lowest BCUT2D eigenvalue weighted by Crippen LogP contribution is -2.08. The fraction of sp³-hybridized carbons (Fsp3) is 0.875. The fourth-order valence-corrected chi connectivity index (χ4v) is 0. The number of hydrogen-bond acceptors (Lipinski definition) is 3. The van der Waals surface area contributed by atoms with Crippen LogP contribution < -0.4 is 5.32 Å². The van der Waals surface area contributed by atoms with Gasteiger partial charge in [0, 0.05) is 0 Å². The molecule has 3 nitrogen and oxygen atoms in total. The van der Waals surface area contributed by atoms with Crippen LogP contribution in [0.25, 0.3) is 0 Å². The maximum Gasteiger partial charge on any atom is 0.116 e. The van der Waals surface area contributed by atoms with E-state index in [1.54, 1.807) is 0 Å². The van der Waals surface area contributed by atoms with Crippen LogP contribution in [0.2, 0.25) is 0 Å². The van der Waals surface area contributed by atoms with Crippen LogP contribution >= 0.6 is 0 Å². The molecule has 11 heavy (non-hydrogen) atoms. The third-order valence-electron chi connectivity index (χ3n) is 0.632. The molecule has 1 N–H and O–H groups in total. The van der Waals surface area contributed by atoms with Gasteiger partial charge in [-0.15, -0.1) is 0 Å². The Labute approximate surface area is 70.8 Å². The maximum absolute atomic E-state index is 8.81. The van der Waals surface area contributed by atoms with Gasteiger partial charge in [-0.25, -0.2) is 0 Å². The summed E-state index contributed by atoms with van der Waals surface area (Å²) < 4.78 is 0. The molecular formula is C8H22N2O. The third-order valence-corrected chi connectivity index (χ3v) is 0.632. The summed E-state index contributed by atoms with van der Waals surface area (Å²) in [5, 5.41) is 2.75. The van der Waals surface area contributed by atoms with E-state index in [1.165, 1.54) is 6.92 Å². The van der Waals surface area contributed by atoms with Crippen LogP contribution in [0.4, 0.5) is 0 Å². The maximum atomic E-state index is 8.81. The van der Waals surface area contributed by atoms with Crippen molar-refractivity contribution in [3.05, 3.63) is 0 Å². The van der Waals surface area contributed by atoms with Crippen molar-refractivity contribution < 1.29 is 4.79 Å². The molecule has 0 aliphatic heterocycles. The summed E-state index contributed by atoms with van der Waals surface area (Å²) in [4.78, 5) is 10.9. The van der Waals surface area contributed by atoms with E-state index in [0.717, 1.165) is 12.8 Å². The third kappa shape index (κ3) is 219. The van der Waals surface area contributed by atoms with Crippen LogP contribution in [0.15, 0.2) is 0 Å². The molecule has 0 aromatic rings. The van der Waals surface area contributed by atoms with Gasteiger partial charge in [-0.1, -0.05) is 6.92 Å². The van der Waals surface area contributed by atoms with Crippen LogP contribution in [0, 0.1) is 0 Å². The van der Waals surface area contributed by atoms with Crippen molar-refractivity contribution >= 4 is 6.29 Å². The highest BCUT2D eigenvalue weighted by Gasteiger charge is 1.72. The molecule has 0 heterocycles. The van der Waals surface area contributed by atoms with Crippen molar-refractivity contribution in [1.29, 1.82) is 0 Å². The number of nitrogens with zero attached hydrogens (tertiary/aromatic N) is 1. The minimum atomic E-state index is 0.750. The summed E-state index contributed by atoms with van der Waals surface area (Å²) in [6.45, 7) is 4.71. The Morgan fingerprint density at radius 2 is 1.45 bits per heavy atom. The summed E-state index contributed by atoms with van der Waals surface area (Å²) in [5.41, 5.74) is 0. The summed E-state index contributed by atoms with van der Waals surface area (Å²) >= 11 is 0. The Morgan fingerprint density at radius 1 is 1.36 bits per heavy atom. The Kier molecular flexibility index (Phi) is 34.8. The second-order valence-electron chi connectivity index (χ2n) is 2.13. The lowest BCUT2D eigenvalue weighted by atomic mass is 10.7. The Hall–Kier alpha value is -0.410. The molecule has 0 unspecified atom stereocenters.